The van der Waals surface area contributed by atoms with Gasteiger partial charge in [0.05, 0.1) is 11.3 Å². The third-order valence-electron chi connectivity index (χ3n) is 3.79. The van der Waals surface area contributed by atoms with Crippen LogP contribution < -0.4 is 10.5 Å². The molecule has 1 atom stereocenters. The molecule has 1 unspecified atom stereocenters. The summed E-state index contributed by atoms with van der Waals surface area (Å²) in [6, 6.07) is 5.50. The van der Waals surface area contributed by atoms with Gasteiger partial charge in [-0.1, -0.05) is 13.8 Å². The van der Waals surface area contributed by atoms with Gasteiger partial charge in [-0.05, 0) is 50.5 Å². The third kappa shape index (κ3) is 5.42. The van der Waals surface area contributed by atoms with Gasteiger partial charge >= 0.3 is 6.18 Å². The zero-order valence-electron chi connectivity index (χ0n) is 15.4. The maximum atomic E-state index is 13.5. The summed E-state index contributed by atoms with van der Waals surface area (Å²) < 4.78 is 46.0. The Kier molecular flexibility index (Phi) is 5.91. The highest BCUT2D eigenvalue weighted by Gasteiger charge is 2.35. The van der Waals surface area contributed by atoms with Crippen molar-refractivity contribution in [3.63, 3.8) is 0 Å². The lowest BCUT2D eigenvalue weighted by molar-refractivity contribution is -0.139. The zero-order valence-corrected chi connectivity index (χ0v) is 15.4. The van der Waals surface area contributed by atoms with Crippen molar-refractivity contribution in [2.75, 3.05) is 6.61 Å². The maximum absolute atomic E-state index is 13.5. The van der Waals surface area contributed by atoms with Crippen LogP contribution in [0.1, 0.15) is 38.6 Å². The lowest BCUT2D eigenvalue weighted by Crippen LogP contribution is -2.43. The molecular weight excluding hydrogens is 343 g/mol. The number of benzene rings is 1. The Bertz CT molecular complexity index is 758. The molecule has 7 heteroatoms. The number of alkyl halides is 3. The first-order valence-corrected chi connectivity index (χ1v) is 8.41. The second kappa shape index (κ2) is 7.61. The van der Waals surface area contributed by atoms with Gasteiger partial charge in [0.2, 0.25) is 0 Å². The fourth-order valence-corrected chi connectivity index (χ4v) is 2.89. The average Bonchev–Trinajstić information content (AvgIpc) is 2.51. The molecule has 0 saturated carbocycles. The Balaban J connectivity index is 2.32. The summed E-state index contributed by atoms with van der Waals surface area (Å²) in [6.45, 7) is 7.47. The SMILES string of the molecule is Cc1nccc(-c2ccc(OCC(C)(N)CC(C)C)c(C(F)(F)F)c2)n1. The van der Waals surface area contributed by atoms with Crippen molar-refractivity contribution in [1.82, 2.24) is 9.97 Å². The quantitative estimate of drug-likeness (QED) is 0.810. The van der Waals surface area contributed by atoms with Crippen LogP contribution in [-0.4, -0.2) is 22.1 Å². The smallest absolute Gasteiger partial charge is 0.419 e. The van der Waals surface area contributed by atoms with Crippen molar-refractivity contribution < 1.29 is 17.9 Å². The molecule has 0 aliphatic carbocycles. The molecular formula is C19H24F3N3O. The van der Waals surface area contributed by atoms with Gasteiger partial charge in [-0.15, -0.1) is 0 Å². The van der Waals surface area contributed by atoms with Crippen LogP contribution in [0.25, 0.3) is 11.3 Å². The van der Waals surface area contributed by atoms with E-state index in [-0.39, 0.29) is 12.4 Å². The van der Waals surface area contributed by atoms with Crippen molar-refractivity contribution in [1.29, 1.82) is 0 Å². The number of ether oxygens (including phenoxy) is 1. The van der Waals surface area contributed by atoms with Crippen molar-refractivity contribution in [3.8, 4) is 17.0 Å². The van der Waals surface area contributed by atoms with E-state index in [9.17, 15) is 13.2 Å². The molecule has 4 nitrogen and oxygen atoms in total. The lowest BCUT2D eigenvalue weighted by atomic mass is 9.93. The van der Waals surface area contributed by atoms with E-state index in [1.54, 1.807) is 26.0 Å². The number of aromatic nitrogens is 2. The van der Waals surface area contributed by atoms with E-state index in [1.807, 2.05) is 13.8 Å². The van der Waals surface area contributed by atoms with E-state index < -0.39 is 17.3 Å². The first kappa shape index (κ1) is 20.2. The standard InChI is InChI=1S/C19H24F3N3O/c1-12(2)10-18(4,23)11-26-17-6-5-14(9-15(17)19(20,21)22)16-7-8-24-13(3)25-16/h5-9,12H,10-11,23H2,1-4H3. The summed E-state index contributed by atoms with van der Waals surface area (Å²) >= 11 is 0. The number of nitrogens with two attached hydrogens (primary N) is 1. The number of halogens is 3. The summed E-state index contributed by atoms with van der Waals surface area (Å²) in [5.41, 5.74) is 5.37. The Morgan fingerprint density at radius 1 is 1.19 bits per heavy atom. The van der Waals surface area contributed by atoms with Gasteiger partial charge in [-0.3, -0.25) is 0 Å². The van der Waals surface area contributed by atoms with Crippen LogP contribution in [0.3, 0.4) is 0 Å². The van der Waals surface area contributed by atoms with Crippen molar-refractivity contribution >= 4 is 0 Å². The molecule has 0 aliphatic rings. The molecule has 1 heterocycles. The molecule has 0 saturated heterocycles. The van der Waals surface area contributed by atoms with Crippen LogP contribution in [0.4, 0.5) is 13.2 Å². The highest BCUT2D eigenvalue weighted by Crippen LogP contribution is 2.38. The van der Waals surface area contributed by atoms with Gasteiger partial charge in [0.15, 0.2) is 0 Å². The first-order valence-electron chi connectivity index (χ1n) is 8.41. The van der Waals surface area contributed by atoms with Gasteiger partial charge in [0, 0.05) is 17.3 Å². The van der Waals surface area contributed by atoms with E-state index >= 15 is 0 Å². The number of hydrogen-bond acceptors (Lipinski definition) is 4. The summed E-state index contributed by atoms with van der Waals surface area (Å²) in [7, 11) is 0. The summed E-state index contributed by atoms with van der Waals surface area (Å²) in [6.07, 6.45) is -2.38. The normalized spacial score (nSPS) is 14.3. The second-order valence-corrected chi connectivity index (χ2v) is 7.24. The molecule has 0 aliphatic heterocycles. The minimum Gasteiger partial charge on any atom is -0.491 e. The van der Waals surface area contributed by atoms with Crippen molar-refractivity contribution in [2.45, 2.75) is 45.8 Å². The minimum atomic E-state index is -4.55. The largest absolute Gasteiger partial charge is 0.491 e. The van der Waals surface area contributed by atoms with E-state index in [1.165, 1.54) is 12.3 Å². The zero-order chi connectivity index (χ0) is 19.5. The summed E-state index contributed by atoms with van der Waals surface area (Å²) in [4.78, 5) is 8.14. The van der Waals surface area contributed by atoms with Gasteiger partial charge in [0.25, 0.3) is 0 Å². The molecule has 26 heavy (non-hydrogen) atoms. The molecule has 2 rings (SSSR count). The Hall–Kier alpha value is -2.15. The van der Waals surface area contributed by atoms with E-state index in [2.05, 4.69) is 9.97 Å². The van der Waals surface area contributed by atoms with E-state index in [0.29, 0.717) is 29.4 Å². The van der Waals surface area contributed by atoms with Gasteiger partial charge in [0.1, 0.15) is 18.2 Å². The minimum absolute atomic E-state index is 0.000220. The molecule has 2 N–H and O–H groups in total. The van der Waals surface area contributed by atoms with Crippen LogP contribution in [0, 0.1) is 12.8 Å². The number of nitrogens with zero attached hydrogens (tertiary/aromatic N) is 2. The number of hydrogen-bond donors (Lipinski definition) is 1. The summed E-state index contributed by atoms with van der Waals surface area (Å²) in [5, 5.41) is 0. The van der Waals surface area contributed by atoms with Crippen LogP contribution in [-0.2, 0) is 6.18 Å². The maximum Gasteiger partial charge on any atom is 0.419 e. The monoisotopic (exact) mass is 367 g/mol. The van der Waals surface area contributed by atoms with Crippen LogP contribution in [0.15, 0.2) is 30.5 Å². The highest BCUT2D eigenvalue weighted by molar-refractivity contribution is 5.62. The van der Waals surface area contributed by atoms with Crippen molar-refractivity contribution in [3.05, 3.63) is 41.9 Å². The fraction of sp³-hybridized carbons (Fsp3) is 0.474. The Labute approximate surface area is 151 Å². The van der Waals surface area contributed by atoms with Gasteiger partial charge in [-0.2, -0.15) is 13.2 Å². The Morgan fingerprint density at radius 3 is 2.46 bits per heavy atom. The molecule has 0 bridgehead atoms. The van der Waals surface area contributed by atoms with Crippen LogP contribution in [0.2, 0.25) is 0 Å². The fourth-order valence-electron chi connectivity index (χ4n) is 2.89. The highest BCUT2D eigenvalue weighted by atomic mass is 19.4. The lowest BCUT2D eigenvalue weighted by Gasteiger charge is -2.27. The molecule has 0 spiro atoms. The molecule has 2 aromatic rings. The predicted octanol–water partition coefficient (Wildman–Crippen LogP) is 4.61. The number of rotatable bonds is 6. The summed E-state index contributed by atoms with van der Waals surface area (Å²) in [5.74, 6) is 0.579. The second-order valence-electron chi connectivity index (χ2n) is 7.24. The third-order valence-corrected chi connectivity index (χ3v) is 3.79. The first-order chi connectivity index (χ1) is 12.0. The molecule has 1 aromatic heterocycles. The van der Waals surface area contributed by atoms with E-state index in [0.717, 1.165) is 6.07 Å². The molecule has 142 valence electrons. The van der Waals surface area contributed by atoms with Gasteiger partial charge < -0.3 is 10.5 Å². The predicted molar refractivity (Wildman–Crippen MR) is 94.7 cm³/mol. The van der Waals surface area contributed by atoms with Gasteiger partial charge in [-0.25, -0.2) is 9.97 Å². The topological polar surface area (TPSA) is 61.0 Å². The molecule has 0 radical (unpaired) electrons. The average molecular weight is 367 g/mol. The molecule has 0 fully saturated rings. The van der Waals surface area contributed by atoms with Crippen LogP contribution >= 0.6 is 0 Å². The molecule has 0 amide bonds. The Morgan fingerprint density at radius 2 is 1.88 bits per heavy atom. The van der Waals surface area contributed by atoms with Crippen molar-refractivity contribution in [2.24, 2.45) is 11.7 Å². The van der Waals surface area contributed by atoms with Crippen LogP contribution in [0.5, 0.6) is 5.75 Å². The van der Waals surface area contributed by atoms with E-state index in [4.69, 9.17) is 10.5 Å². The number of aryl methyl sites for hydroxylation is 1. The molecule has 1 aromatic carbocycles.